The SMILES string of the molecule is O=C(Nc1ccc(Nc2ccccc2)cc1)c1cc2cccnc2n(Cc2ccc(Cl)cc2)c1=O. The minimum Gasteiger partial charge on any atom is -0.356 e. The molecule has 7 heteroatoms. The standard InChI is InChI=1S/C28H21ClN4O2/c29-21-10-8-19(9-11-21)18-33-26-20(5-4-16-30-26)17-25(28(33)35)27(34)32-24-14-12-23(13-15-24)31-22-6-2-1-3-7-22/h1-17,31H,18H2,(H,32,34). The topological polar surface area (TPSA) is 76.0 Å². The lowest BCUT2D eigenvalue weighted by Gasteiger charge is -2.13. The second-order valence-corrected chi connectivity index (χ2v) is 8.45. The number of para-hydroxylation sites is 1. The van der Waals surface area contributed by atoms with Crippen LogP contribution in [0.1, 0.15) is 15.9 Å². The molecule has 1 amide bonds. The Morgan fingerprint density at radius 3 is 2.26 bits per heavy atom. The van der Waals surface area contributed by atoms with Crippen LogP contribution in [0.3, 0.4) is 0 Å². The van der Waals surface area contributed by atoms with Crippen LogP contribution in [0.2, 0.25) is 5.02 Å². The van der Waals surface area contributed by atoms with Crippen molar-refractivity contribution in [2.24, 2.45) is 0 Å². The molecular weight excluding hydrogens is 460 g/mol. The van der Waals surface area contributed by atoms with Gasteiger partial charge in [0.05, 0.1) is 6.54 Å². The molecule has 0 spiro atoms. The number of rotatable bonds is 6. The second-order valence-electron chi connectivity index (χ2n) is 8.01. The van der Waals surface area contributed by atoms with Gasteiger partial charge < -0.3 is 10.6 Å². The molecule has 172 valence electrons. The lowest BCUT2D eigenvalue weighted by atomic mass is 10.1. The van der Waals surface area contributed by atoms with Crippen molar-refractivity contribution in [3.05, 3.63) is 130 Å². The van der Waals surface area contributed by atoms with Crippen molar-refractivity contribution in [2.75, 3.05) is 10.6 Å². The summed E-state index contributed by atoms with van der Waals surface area (Å²) in [5, 5.41) is 7.45. The van der Waals surface area contributed by atoms with E-state index in [1.165, 1.54) is 4.57 Å². The Kier molecular flexibility index (Phi) is 6.28. The van der Waals surface area contributed by atoms with Crippen LogP contribution in [0.25, 0.3) is 11.0 Å². The first-order valence-electron chi connectivity index (χ1n) is 11.0. The van der Waals surface area contributed by atoms with E-state index in [2.05, 4.69) is 15.6 Å². The van der Waals surface area contributed by atoms with Crippen LogP contribution < -0.4 is 16.2 Å². The Labute approximate surface area is 206 Å². The van der Waals surface area contributed by atoms with Crippen molar-refractivity contribution >= 4 is 45.6 Å². The summed E-state index contributed by atoms with van der Waals surface area (Å²) in [6.45, 7) is 0.268. The zero-order valence-corrected chi connectivity index (χ0v) is 19.4. The van der Waals surface area contributed by atoms with Crippen LogP contribution in [-0.4, -0.2) is 15.5 Å². The summed E-state index contributed by atoms with van der Waals surface area (Å²) in [6.07, 6.45) is 1.63. The maximum atomic E-state index is 13.4. The van der Waals surface area contributed by atoms with Gasteiger partial charge in [-0.25, -0.2) is 4.98 Å². The molecule has 2 heterocycles. The van der Waals surface area contributed by atoms with E-state index in [9.17, 15) is 9.59 Å². The second kappa shape index (κ2) is 9.83. The van der Waals surface area contributed by atoms with Gasteiger partial charge in [-0.1, -0.05) is 41.9 Å². The van der Waals surface area contributed by atoms with E-state index in [0.29, 0.717) is 21.7 Å². The minimum atomic E-state index is -0.477. The van der Waals surface area contributed by atoms with E-state index in [4.69, 9.17) is 11.6 Å². The fraction of sp³-hybridized carbons (Fsp3) is 0.0357. The molecule has 0 fully saturated rings. The number of amides is 1. The van der Waals surface area contributed by atoms with Gasteiger partial charge in [-0.2, -0.15) is 0 Å². The van der Waals surface area contributed by atoms with E-state index in [1.807, 2.05) is 60.7 Å². The predicted octanol–water partition coefficient (Wildman–Crippen LogP) is 6.09. The molecule has 3 aromatic carbocycles. The third-order valence-electron chi connectivity index (χ3n) is 5.55. The highest BCUT2D eigenvalue weighted by Gasteiger charge is 2.17. The molecule has 0 saturated heterocycles. The summed E-state index contributed by atoms with van der Waals surface area (Å²) >= 11 is 6.00. The van der Waals surface area contributed by atoms with Gasteiger partial charge in [0.15, 0.2) is 0 Å². The maximum absolute atomic E-state index is 13.4. The molecule has 0 aliphatic rings. The first kappa shape index (κ1) is 22.4. The number of fused-ring (bicyclic) bond motifs is 1. The van der Waals surface area contributed by atoms with E-state index >= 15 is 0 Å². The molecule has 5 aromatic rings. The fourth-order valence-electron chi connectivity index (χ4n) is 3.81. The quantitative estimate of drug-likeness (QED) is 0.308. The van der Waals surface area contributed by atoms with Crippen molar-refractivity contribution < 1.29 is 4.79 Å². The third kappa shape index (κ3) is 5.08. The number of hydrogen-bond donors (Lipinski definition) is 2. The van der Waals surface area contributed by atoms with Gasteiger partial charge in [-0.05, 0) is 72.3 Å². The molecule has 2 N–H and O–H groups in total. The molecule has 35 heavy (non-hydrogen) atoms. The molecule has 6 nitrogen and oxygen atoms in total. The summed E-state index contributed by atoms with van der Waals surface area (Å²) < 4.78 is 1.51. The van der Waals surface area contributed by atoms with Gasteiger partial charge in [-0.3, -0.25) is 14.2 Å². The highest BCUT2D eigenvalue weighted by atomic mass is 35.5. The van der Waals surface area contributed by atoms with Crippen LogP contribution >= 0.6 is 11.6 Å². The van der Waals surface area contributed by atoms with Gasteiger partial charge in [-0.15, -0.1) is 0 Å². The Hall–Kier alpha value is -4.42. The summed E-state index contributed by atoms with van der Waals surface area (Å²) in [6, 6.07) is 29.6. The molecule has 0 aliphatic heterocycles. The molecule has 0 saturated carbocycles. The highest BCUT2D eigenvalue weighted by molar-refractivity contribution is 6.30. The number of anilines is 3. The van der Waals surface area contributed by atoms with Crippen LogP contribution in [0.4, 0.5) is 17.1 Å². The number of nitrogens with one attached hydrogen (secondary N) is 2. The minimum absolute atomic E-state index is 0.0472. The molecule has 0 radical (unpaired) electrons. The van der Waals surface area contributed by atoms with E-state index in [1.54, 1.807) is 42.6 Å². The Balaban J connectivity index is 1.42. The van der Waals surface area contributed by atoms with Gasteiger partial charge in [0.1, 0.15) is 11.2 Å². The van der Waals surface area contributed by atoms with Crippen LogP contribution in [-0.2, 0) is 6.54 Å². The first-order chi connectivity index (χ1) is 17.1. The summed E-state index contributed by atoms with van der Waals surface area (Å²) in [5.41, 5.74) is 3.47. The lowest BCUT2D eigenvalue weighted by Crippen LogP contribution is -2.30. The molecule has 0 bridgehead atoms. The summed E-state index contributed by atoms with van der Waals surface area (Å²) in [4.78, 5) is 30.9. The van der Waals surface area contributed by atoms with Crippen molar-refractivity contribution in [1.82, 2.24) is 9.55 Å². The van der Waals surface area contributed by atoms with Gasteiger partial charge in [0.2, 0.25) is 0 Å². The van der Waals surface area contributed by atoms with Crippen molar-refractivity contribution in [1.29, 1.82) is 0 Å². The Morgan fingerprint density at radius 1 is 0.829 bits per heavy atom. The largest absolute Gasteiger partial charge is 0.356 e. The third-order valence-corrected chi connectivity index (χ3v) is 5.80. The van der Waals surface area contributed by atoms with Gasteiger partial charge >= 0.3 is 0 Å². The Morgan fingerprint density at radius 2 is 1.51 bits per heavy atom. The van der Waals surface area contributed by atoms with E-state index in [-0.39, 0.29) is 12.1 Å². The molecule has 0 unspecified atom stereocenters. The lowest BCUT2D eigenvalue weighted by molar-refractivity contribution is 0.102. The summed E-state index contributed by atoms with van der Waals surface area (Å²) in [7, 11) is 0. The number of benzene rings is 3. The fourth-order valence-corrected chi connectivity index (χ4v) is 3.94. The van der Waals surface area contributed by atoms with Crippen molar-refractivity contribution in [3.8, 4) is 0 Å². The monoisotopic (exact) mass is 480 g/mol. The number of halogens is 1. The van der Waals surface area contributed by atoms with Crippen LogP contribution in [0, 0.1) is 0 Å². The van der Waals surface area contributed by atoms with E-state index in [0.717, 1.165) is 16.9 Å². The highest BCUT2D eigenvalue weighted by Crippen LogP contribution is 2.20. The average molecular weight is 481 g/mol. The normalized spacial score (nSPS) is 10.8. The van der Waals surface area contributed by atoms with E-state index < -0.39 is 11.5 Å². The summed E-state index contributed by atoms with van der Waals surface area (Å²) in [5.74, 6) is -0.477. The number of carbonyl (C=O) groups is 1. The predicted molar refractivity (Wildman–Crippen MR) is 141 cm³/mol. The Bertz CT molecular complexity index is 1550. The van der Waals surface area contributed by atoms with Crippen molar-refractivity contribution in [2.45, 2.75) is 6.54 Å². The van der Waals surface area contributed by atoms with Crippen molar-refractivity contribution in [3.63, 3.8) is 0 Å². The number of aromatic nitrogens is 2. The number of pyridine rings is 2. The van der Waals surface area contributed by atoms with Gasteiger partial charge in [0, 0.05) is 33.7 Å². The average Bonchev–Trinajstić information content (AvgIpc) is 2.88. The zero-order chi connectivity index (χ0) is 24.2. The number of carbonyl (C=O) groups excluding carboxylic acids is 1. The molecule has 0 atom stereocenters. The maximum Gasteiger partial charge on any atom is 0.265 e. The van der Waals surface area contributed by atoms with Crippen LogP contribution in [0.15, 0.2) is 108 Å². The molecular formula is C28H21ClN4O2. The molecule has 5 rings (SSSR count). The molecule has 2 aromatic heterocycles. The molecule has 0 aliphatic carbocycles. The smallest absolute Gasteiger partial charge is 0.265 e. The van der Waals surface area contributed by atoms with Gasteiger partial charge in [0.25, 0.3) is 11.5 Å². The zero-order valence-electron chi connectivity index (χ0n) is 18.6. The van der Waals surface area contributed by atoms with Crippen LogP contribution in [0.5, 0.6) is 0 Å². The number of nitrogens with zero attached hydrogens (tertiary/aromatic N) is 2. The first-order valence-corrected chi connectivity index (χ1v) is 11.4. The number of hydrogen-bond acceptors (Lipinski definition) is 4.